The van der Waals surface area contributed by atoms with Gasteiger partial charge in [-0.2, -0.15) is 0 Å². The summed E-state index contributed by atoms with van der Waals surface area (Å²) >= 11 is 1.75. The monoisotopic (exact) mass is 529 g/mol. The fourth-order valence-electron chi connectivity index (χ4n) is 3.05. The third-order valence-electron chi connectivity index (χ3n) is 4.70. The summed E-state index contributed by atoms with van der Waals surface area (Å²) in [5.41, 5.74) is 1.12. The number of anilines is 1. The molecule has 1 fully saturated rings. The van der Waals surface area contributed by atoms with Crippen molar-refractivity contribution in [2.24, 2.45) is 4.99 Å². The Bertz CT molecular complexity index is 754. The van der Waals surface area contributed by atoms with Gasteiger partial charge in [-0.25, -0.2) is 15.0 Å². The number of nitrogens with zero attached hydrogens (tertiary/aromatic N) is 5. The van der Waals surface area contributed by atoms with Crippen molar-refractivity contribution in [1.29, 1.82) is 0 Å². The molecule has 0 unspecified atom stereocenters. The number of piperazine rings is 1. The largest absolute Gasteiger partial charge is 0.357 e. The van der Waals surface area contributed by atoms with Gasteiger partial charge in [-0.05, 0) is 32.5 Å². The molecule has 0 radical (unpaired) electrons. The van der Waals surface area contributed by atoms with E-state index in [1.54, 1.807) is 11.3 Å². The first-order chi connectivity index (χ1) is 13.6. The van der Waals surface area contributed by atoms with Crippen LogP contribution in [0.25, 0.3) is 0 Å². The van der Waals surface area contributed by atoms with Crippen molar-refractivity contribution < 1.29 is 0 Å². The molecule has 1 aliphatic heterocycles. The van der Waals surface area contributed by atoms with Crippen molar-refractivity contribution in [3.05, 3.63) is 40.0 Å². The number of aliphatic imine (C=N–C) groups is 1. The van der Waals surface area contributed by atoms with Crippen LogP contribution >= 0.6 is 35.3 Å². The third-order valence-corrected chi connectivity index (χ3v) is 5.67. The first-order valence-corrected chi connectivity index (χ1v) is 10.8. The van der Waals surface area contributed by atoms with Crippen LogP contribution < -0.4 is 15.5 Å². The highest BCUT2D eigenvalue weighted by atomic mass is 127. The van der Waals surface area contributed by atoms with E-state index in [1.165, 1.54) is 4.88 Å². The minimum Gasteiger partial charge on any atom is -0.357 e. The Balaban J connectivity index is 0.00000300. The van der Waals surface area contributed by atoms with Crippen LogP contribution in [-0.4, -0.2) is 67.1 Å². The number of thiazole rings is 1. The smallest absolute Gasteiger partial charge is 0.191 e. The molecule has 3 heterocycles. The molecule has 0 atom stereocenters. The minimum absolute atomic E-state index is 0. The van der Waals surface area contributed by atoms with Crippen LogP contribution in [0.2, 0.25) is 0 Å². The van der Waals surface area contributed by atoms with Crippen LogP contribution in [0.5, 0.6) is 0 Å². The molecule has 29 heavy (non-hydrogen) atoms. The summed E-state index contributed by atoms with van der Waals surface area (Å²) in [6, 6.07) is 4.24. The van der Waals surface area contributed by atoms with E-state index in [4.69, 9.17) is 0 Å². The summed E-state index contributed by atoms with van der Waals surface area (Å²) in [6.45, 7) is 10.7. The molecule has 2 aromatic rings. The number of aromatic nitrogens is 2. The van der Waals surface area contributed by atoms with Gasteiger partial charge < -0.3 is 20.4 Å². The Morgan fingerprint density at radius 1 is 1.14 bits per heavy atom. The summed E-state index contributed by atoms with van der Waals surface area (Å²) in [5, 5.41) is 7.85. The predicted molar refractivity (Wildman–Crippen MR) is 133 cm³/mol. The van der Waals surface area contributed by atoms with E-state index in [1.807, 2.05) is 12.4 Å². The lowest BCUT2D eigenvalue weighted by Crippen LogP contribution is -2.44. The van der Waals surface area contributed by atoms with Crippen molar-refractivity contribution in [1.82, 2.24) is 25.5 Å². The van der Waals surface area contributed by atoms with Gasteiger partial charge in [0.05, 0.1) is 11.6 Å². The zero-order chi connectivity index (χ0) is 19.8. The van der Waals surface area contributed by atoms with Gasteiger partial charge >= 0.3 is 0 Å². The Morgan fingerprint density at radius 3 is 2.55 bits per heavy atom. The highest BCUT2D eigenvalue weighted by Gasteiger charge is 2.14. The van der Waals surface area contributed by atoms with E-state index in [0.717, 1.165) is 68.0 Å². The molecule has 0 spiro atoms. The van der Waals surface area contributed by atoms with Gasteiger partial charge in [0.15, 0.2) is 5.96 Å². The van der Waals surface area contributed by atoms with Gasteiger partial charge in [-0.15, -0.1) is 35.3 Å². The normalized spacial score (nSPS) is 15.1. The van der Waals surface area contributed by atoms with Gasteiger partial charge in [0.25, 0.3) is 0 Å². The number of hydrogen-bond acceptors (Lipinski definition) is 6. The number of rotatable bonds is 7. The summed E-state index contributed by atoms with van der Waals surface area (Å²) in [5.74, 6) is 1.89. The van der Waals surface area contributed by atoms with Crippen molar-refractivity contribution in [3.63, 3.8) is 0 Å². The lowest BCUT2D eigenvalue weighted by atomic mass is 10.2. The molecular weight excluding hydrogens is 497 g/mol. The first kappa shape index (κ1) is 23.8. The quantitative estimate of drug-likeness (QED) is 0.327. The molecule has 0 bridgehead atoms. The summed E-state index contributed by atoms with van der Waals surface area (Å²) in [7, 11) is 2.17. The Kier molecular flexibility index (Phi) is 10.1. The summed E-state index contributed by atoms with van der Waals surface area (Å²) in [4.78, 5) is 19.7. The van der Waals surface area contributed by atoms with E-state index < -0.39 is 0 Å². The molecule has 1 aliphatic rings. The number of likely N-dealkylation sites (N-methyl/N-ethyl adjacent to an activating group) is 1. The van der Waals surface area contributed by atoms with E-state index in [0.29, 0.717) is 6.54 Å². The average molecular weight is 529 g/mol. The molecule has 3 rings (SSSR count). The van der Waals surface area contributed by atoms with Crippen LogP contribution in [0.1, 0.15) is 22.4 Å². The minimum atomic E-state index is 0. The first-order valence-electron chi connectivity index (χ1n) is 9.96. The molecule has 0 amide bonds. The van der Waals surface area contributed by atoms with Crippen LogP contribution in [0.3, 0.4) is 0 Å². The Hall–Kier alpha value is -1.46. The van der Waals surface area contributed by atoms with Gasteiger partial charge in [-0.1, -0.05) is 6.07 Å². The molecule has 2 N–H and O–H groups in total. The fraction of sp³-hybridized carbons (Fsp3) is 0.550. The van der Waals surface area contributed by atoms with Gasteiger partial charge in [0.2, 0.25) is 0 Å². The number of aryl methyl sites for hydroxylation is 1. The van der Waals surface area contributed by atoms with E-state index >= 15 is 0 Å². The lowest BCUT2D eigenvalue weighted by molar-refractivity contribution is 0.312. The average Bonchev–Trinajstić information content (AvgIpc) is 3.12. The molecule has 0 aliphatic carbocycles. The van der Waals surface area contributed by atoms with Crippen LogP contribution in [0, 0.1) is 6.92 Å². The molecule has 0 aromatic carbocycles. The molecule has 2 aromatic heterocycles. The van der Waals surface area contributed by atoms with E-state index in [9.17, 15) is 0 Å². The van der Waals surface area contributed by atoms with Gasteiger partial charge in [-0.3, -0.25) is 0 Å². The standard InChI is InChI=1S/C20H31N7S.HI/c1-4-21-20(22-8-7-19-24-13-16(2)28-19)25-15-17-5-6-18(23-14-17)27-11-9-26(3)10-12-27;/h5-6,13-14H,4,7-12,15H2,1-3H3,(H2,21,22,25);1H. The highest BCUT2D eigenvalue weighted by molar-refractivity contribution is 14.0. The molecule has 160 valence electrons. The second kappa shape index (κ2) is 12.3. The topological polar surface area (TPSA) is 68.7 Å². The van der Waals surface area contributed by atoms with Crippen LogP contribution in [-0.2, 0) is 13.0 Å². The fourth-order valence-corrected chi connectivity index (χ4v) is 3.84. The molecule has 0 saturated carbocycles. The van der Waals surface area contributed by atoms with E-state index in [2.05, 4.69) is 68.4 Å². The van der Waals surface area contributed by atoms with E-state index in [-0.39, 0.29) is 24.0 Å². The molecular formula is C20H32IN7S. The SMILES string of the molecule is CCNC(=NCc1ccc(N2CCN(C)CC2)nc1)NCCc1ncc(C)s1.I. The molecule has 9 heteroatoms. The summed E-state index contributed by atoms with van der Waals surface area (Å²) < 4.78 is 0. The molecule has 1 saturated heterocycles. The number of hydrogen-bond donors (Lipinski definition) is 2. The predicted octanol–water partition coefficient (Wildman–Crippen LogP) is 2.51. The third kappa shape index (κ3) is 7.71. The summed E-state index contributed by atoms with van der Waals surface area (Å²) in [6.07, 6.45) is 4.78. The number of pyridine rings is 1. The maximum Gasteiger partial charge on any atom is 0.191 e. The van der Waals surface area contributed by atoms with Crippen molar-refractivity contribution >= 4 is 47.1 Å². The maximum absolute atomic E-state index is 4.69. The number of nitrogens with one attached hydrogen (secondary N) is 2. The van der Waals surface area contributed by atoms with Gasteiger partial charge in [0.1, 0.15) is 5.82 Å². The van der Waals surface area contributed by atoms with Crippen LogP contribution in [0.15, 0.2) is 29.5 Å². The Labute approximate surface area is 195 Å². The van der Waals surface area contributed by atoms with Crippen molar-refractivity contribution in [2.75, 3.05) is 51.2 Å². The van der Waals surface area contributed by atoms with Crippen molar-refractivity contribution in [2.45, 2.75) is 26.8 Å². The lowest BCUT2D eigenvalue weighted by Gasteiger charge is -2.33. The maximum atomic E-state index is 4.69. The number of halogens is 1. The Morgan fingerprint density at radius 2 is 1.93 bits per heavy atom. The van der Waals surface area contributed by atoms with Crippen LogP contribution in [0.4, 0.5) is 5.82 Å². The highest BCUT2D eigenvalue weighted by Crippen LogP contribution is 2.14. The second-order valence-electron chi connectivity index (χ2n) is 7.05. The van der Waals surface area contributed by atoms with Crippen molar-refractivity contribution in [3.8, 4) is 0 Å². The zero-order valence-electron chi connectivity index (χ0n) is 17.5. The zero-order valence-corrected chi connectivity index (χ0v) is 20.7. The molecule has 7 nitrogen and oxygen atoms in total. The number of guanidine groups is 1. The second-order valence-corrected chi connectivity index (χ2v) is 8.37. The van der Waals surface area contributed by atoms with Gasteiger partial charge in [0, 0.05) is 63.0 Å².